The molecule has 0 radical (unpaired) electrons. The number of imide groups is 1. The van der Waals surface area contributed by atoms with Crippen LogP contribution in [0.5, 0.6) is 5.75 Å². The molecular weight excluding hydrogens is 426 g/mol. The van der Waals surface area contributed by atoms with Crippen molar-refractivity contribution in [1.29, 1.82) is 0 Å². The lowest BCUT2D eigenvalue weighted by atomic mass is 10.1. The maximum atomic E-state index is 13.0. The molecule has 174 valence electrons. The zero-order valence-corrected chi connectivity index (χ0v) is 19.1. The second kappa shape index (κ2) is 9.51. The second-order valence-corrected chi connectivity index (χ2v) is 8.81. The van der Waals surface area contributed by atoms with Gasteiger partial charge < -0.3 is 19.9 Å². The van der Waals surface area contributed by atoms with Gasteiger partial charge in [-0.15, -0.1) is 0 Å². The van der Waals surface area contributed by atoms with Gasteiger partial charge in [0.25, 0.3) is 0 Å². The second-order valence-electron chi connectivity index (χ2n) is 8.81. The van der Waals surface area contributed by atoms with Gasteiger partial charge in [0.15, 0.2) is 6.61 Å². The number of benzene rings is 2. The normalized spacial score (nSPS) is 18.5. The number of hydrogen-bond donors (Lipinski definition) is 1. The van der Waals surface area contributed by atoms with E-state index in [1.807, 2.05) is 30.3 Å². The molecule has 0 saturated heterocycles. The number of carbonyl (C=O) groups excluding carboxylic acids is 3. The number of aliphatic imine (C=N–C) groups is 1. The van der Waals surface area contributed by atoms with E-state index >= 15 is 0 Å². The highest BCUT2D eigenvalue weighted by Gasteiger charge is 2.52. The van der Waals surface area contributed by atoms with Gasteiger partial charge in [0.05, 0.1) is 0 Å². The van der Waals surface area contributed by atoms with Crippen LogP contribution in [0.15, 0.2) is 59.4 Å². The maximum absolute atomic E-state index is 13.0. The monoisotopic (exact) mass is 454 g/mol. The van der Waals surface area contributed by atoms with Gasteiger partial charge in [-0.2, -0.15) is 9.59 Å². The van der Waals surface area contributed by atoms with Gasteiger partial charge >= 0.3 is 18.2 Å². The van der Waals surface area contributed by atoms with E-state index in [-0.39, 0.29) is 6.04 Å². The van der Waals surface area contributed by atoms with Crippen molar-refractivity contribution >= 4 is 35.3 Å². The van der Waals surface area contributed by atoms with Crippen LogP contribution in [0.2, 0.25) is 0 Å². The topological polar surface area (TPSA) is 117 Å². The lowest BCUT2D eigenvalue weighted by Gasteiger charge is -2.24. The van der Waals surface area contributed by atoms with Crippen molar-refractivity contribution in [3.63, 3.8) is 0 Å². The van der Waals surface area contributed by atoms with Gasteiger partial charge in [-0.05, 0) is 39.1 Å². The van der Waals surface area contributed by atoms with Crippen molar-refractivity contribution in [2.75, 3.05) is 6.61 Å². The van der Waals surface area contributed by atoms with Crippen LogP contribution in [-0.2, 0) is 14.3 Å². The number of fused-ring (bicyclic) bond motifs is 1. The summed E-state index contributed by atoms with van der Waals surface area (Å²) in [6.07, 6.45) is 0.564. The van der Waals surface area contributed by atoms with E-state index in [4.69, 9.17) is 19.9 Å². The molecule has 2 aromatic rings. The smallest absolute Gasteiger partial charge is 0.481 e. The molecule has 0 saturated carbocycles. The van der Waals surface area contributed by atoms with Crippen molar-refractivity contribution in [2.24, 2.45) is 10.7 Å². The molecule has 3 rings (SSSR count). The van der Waals surface area contributed by atoms with E-state index in [0.717, 1.165) is 17.1 Å². The molecule has 0 aliphatic carbocycles. The third kappa shape index (κ3) is 5.82. The minimum Gasteiger partial charge on any atom is -0.481 e. The molecule has 0 fully saturated rings. The summed E-state index contributed by atoms with van der Waals surface area (Å²) in [5.41, 5.74) is 5.34. The molecular formula is C24H28N3O6+. The molecule has 9 nitrogen and oxygen atoms in total. The van der Waals surface area contributed by atoms with Crippen molar-refractivity contribution in [3.8, 4) is 5.75 Å². The van der Waals surface area contributed by atoms with Crippen LogP contribution in [-0.4, -0.2) is 47.2 Å². The van der Waals surface area contributed by atoms with Gasteiger partial charge in [-0.3, -0.25) is 0 Å². The first-order valence-electron chi connectivity index (χ1n) is 10.5. The van der Waals surface area contributed by atoms with Gasteiger partial charge in [0.2, 0.25) is 6.34 Å². The number of hydrogen-bond acceptors (Lipinski definition) is 8. The van der Waals surface area contributed by atoms with Crippen molar-refractivity contribution in [2.45, 2.75) is 45.8 Å². The predicted octanol–water partition coefficient (Wildman–Crippen LogP) is 4.25. The van der Waals surface area contributed by atoms with E-state index in [1.165, 1.54) is 6.20 Å². The number of ether oxygens (including phenoxy) is 3. The summed E-state index contributed by atoms with van der Waals surface area (Å²) in [5, 5.41) is 1.75. The van der Waals surface area contributed by atoms with E-state index in [9.17, 15) is 14.4 Å². The summed E-state index contributed by atoms with van der Waals surface area (Å²) < 4.78 is 14.8. The molecule has 1 heterocycles. The molecule has 33 heavy (non-hydrogen) atoms. The molecule has 0 spiro atoms. The third-order valence-corrected chi connectivity index (χ3v) is 4.58. The number of esters is 1. The molecule has 2 aromatic carbocycles. The van der Waals surface area contributed by atoms with Crippen LogP contribution in [0.3, 0.4) is 0 Å². The predicted molar refractivity (Wildman–Crippen MR) is 122 cm³/mol. The first-order chi connectivity index (χ1) is 15.5. The first-order valence-corrected chi connectivity index (χ1v) is 10.5. The fourth-order valence-corrected chi connectivity index (χ4v) is 3.17. The highest BCUT2D eigenvalue weighted by atomic mass is 16.6. The average Bonchev–Trinajstić information content (AvgIpc) is 3.15. The highest BCUT2D eigenvalue weighted by molar-refractivity contribution is 5.94. The van der Waals surface area contributed by atoms with Crippen LogP contribution in [0, 0.1) is 0 Å². The van der Waals surface area contributed by atoms with Crippen LogP contribution in [0.1, 0.15) is 34.1 Å². The van der Waals surface area contributed by atoms with Crippen molar-refractivity contribution in [1.82, 2.24) is 0 Å². The van der Waals surface area contributed by atoms with Crippen molar-refractivity contribution in [3.05, 3.63) is 54.4 Å². The Balaban J connectivity index is 1.75. The van der Waals surface area contributed by atoms with E-state index in [2.05, 4.69) is 4.99 Å². The molecule has 2 N–H and O–H groups in total. The van der Waals surface area contributed by atoms with Crippen molar-refractivity contribution < 1.29 is 33.1 Å². The molecule has 0 aromatic heterocycles. The fourth-order valence-electron chi connectivity index (χ4n) is 3.17. The van der Waals surface area contributed by atoms with Gasteiger partial charge in [-0.1, -0.05) is 40.9 Å². The quantitative estimate of drug-likeness (QED) is 0.408. The number of quaternary nitrogens is 1. The summed E-state index contributed by atoms with van der Waals surface area (Å²) in [7, 11) is 0. The van der Waals surface area contributed by atoms with Crippen LogP contribution in [0.4, 0.5) is 9.59 Å². The Labute approximate surface area is 192 Å². The standard InChI is InChI=1S/C24H28N3O6/c1-16(25)12-18-13-27(15-26-18,23(30)33-24(2,3)4)22(29)32-21(28)14-31-20-11-7-9-17-8-5-6-10-19(17)20/h5-11,13,15-16H,12,14,25H2,1-4H3/q+1/t16-,27?/m1/s1. The van der Waals surface area contributed by atoms with Crippen LogP contribution in [0.25, 0.3) is 10.8 Å². The largest absolute Gasteiger partial charge is 0.545 e. The number of amides is 2. The minimum atomic E-state index is -1.17. The lowest BCUT2D eigenvalue weighted by Crippen LogP contribution is -2.53. The van der Waals surface area contributed by atoms with E-state index < -0.39 is 34.8 Å². The molecule has 0 bridgehead atoms. The maximum Gasteiger partial charge on any atom is 0.545 e. The third-order valence-electron chi connectivity index (χ3n) is 4.58. The zero-order chi connectivity index (χ0) is 24.2. The highest BCUT2D eigenvalue weighted by Crippen LogP contribution is 2.27. The summed E-state index contributed by atoms with van der Waals surface area (Å²) >= 11 is 0. The Morgan fingerprint density at radius 1 is 1.06 bits per heavy atom. The van der Waals surface area contributed by atoms with Gasteiger partial charge in [0.1, 0.15) is 23.2 Å². The van der Waals surface area contributed by atoms with E-state index in [0.29, 0.717) is 17.9 Å². The number of rotatable bonds is 5. The number of nitrogens with zero attached hydrogens (tertiary/aromatic N) is 2. The summed E-state index contributed by atoms with van der Waals surface area (Å²) in [6.45, 7) is 6.23. The van der Waals surface area contributed by atoms with Crippen LogP contribution < -0.4 is 10.5 Å². The Bertz CT molecular complexity index is 1130. The molecule has 2 atom stereocenters. The molecule has 1 aliphatic rings. The Morgan fingerprint density at radius 3 is 2.45 bits per heavy atom. The first kappa shape index (κ1) is 24.1. The van der Waals surface area contributed by atoms with Crippen LogP contribution >= 0.6 is 0 Å². The fraction of sp³-hybridized carbons (Fsp3) is 0.333. The summed E-state index contributed by atoms with van der Waals surface area (Å²) in [4.78, 5) is 42.4. The number of carbonyl (C=O) groups is 3. The zero-order valence-electron chi connectivity index (χ0n) is 19.1. The summed E-state index contributed by atoms with van der Waals surface area (Å²) in [5.74, 6) is -0.494. The average molecular weight is 455 g/mol. The lowest BCUT2D eigenvalue weighted by molar-refractivity contribution is -0.622. The summed E-state index contributed by atoms with van der Waals surface area (Å²) in [6, 6.07) is 12.7. The Hall–Kier alpha value is -3.56. The Morgan fingerprint density at radius 2 is 1.76 bits per heavy atom. The van der Waals surface area contributed by atoms with Gasteiger partial charge in [0, 0.05) is 17.8 Å². The van der Waals surface area contributed by atoms with Gasteiger partial charge in [-0.25, -0.2) is 9.79 Å². The Kier molecular flexibility index (Phi) is 6.95. The SMILES string of the molecule is C[C@@H](N)CC1=C[N+](C(=O)OC(=O)COc2cccc3ccccc23)(C(=O)OC(C)(C)C)C=N1. The molecule has 2 amide bonds. The van der Waals surface area contributed by atoms with E-state index in [1.54, 1.807) is 39.8 Å². The minimum absolute atomic E-state index is 0.251. The molecule has 1 aliphatic heterocycles. The number of nitrogens with two attached hydrogens (primary N) is 1. The molecule has 1 unspecified atom stereocenters. The molecule has 9 heteroatoms.